The Morgan fingerprint density at radius 1 is 0.933 bits per heavy atom. The van der Waals surface area contributed by atoms with E-state index in [0.717, 1.165) is 49.0 Å². The second-order valence-corrected chi connectivity index (χ2v) is 7.43. The first kappa shape index (κ1) is 22.1. The molecule has 1 heterocycles. The molecule has 2 aromatic rings. The van der Waals surface area contributed by atoms with Crippen LogP contribution in [-0.2, 0) is 4.79 Å². The smallest absolute Gasteiger partial charge is 0.262 e. The summed E-state index contributed by atoms with van der Waals surface area (Å²) in [5, 5.41) is 2.81. The van der Waals surface area contributed by atoms with Gasteiger partial charge >= 0.3 is 0 Å². The Balaban J connectivity index is 1.46. The molecule has 3 rings (SSSR count). The molecule has 0 unspecified atom stereocenters. The number of hydrogen-bond donors (Lipinski definition) is 1. The van der Waals surface area contributed by atoms with E-state index in [4.69, 9.17) is 21.7 Å². The van der Waals surface area contributed by atoms with E-state index in [0.29, 0.717) is 18.0 Å². The molecule has 6 nitrogen and oxygen atoms in total. The van der Waals surface area contributed by atoms with E-state index in [1.807, 2.05) is 43.3 Å². The minimum Gasteiger partial charge on any atom is -0.494 e. The number of anilines is 1. The lowest BCUT2D eigenvalue weighted by Crippen LogP contribution is -2.48. The van der Waals surface area contributed by atoms with Crippen LogP contribution in [0.5, 0.6) is 11.5 Å². The molecule has 1 fully saturated rings. The predicted octanol–water partition coefficient (Wildman–Crippen LogP) is 3.42. The number of rotatable bonds is 8. The van der Waals surface area contributed by atoms with E-state index in [-0.39, 0.29) is 12.5 Å². The van der Waals surface area contributed by atoms with Crippen LogP contribution in [0.2, 0.25) is 0 Å². The summed E-state index contributed by atoms with van der Waals surface area (Å²) in [4.78, 5) is 17.7. The topological polar surface area (TPSA) is 54.0 Å². The summed E-state index contributed by atoms with van der Waals surface area (Å²) >= 11 is 5.66. The molecule has 1 saturated heterocycles. The molecule has 1 aliphatic rings. The van der Waals surface area contributed by atoms with Gasteiger partial charge in [-0.3, -0.25) is 4.79 Å². The first-order valence-corrected chi connectivity index (χ1v) is 10.8. The predicted molar refractivity (Wildman–Crippen MR) is 124 cm³/mol. The lowest BCUT2D eigenvalue weighted by atomic mass is 10.2. The van der Waals surface area contributed by atoms with Gasteiger partial charge < -0.3 is 24.6 Å². The number of amides is 1. The molecule has 0 aromatic heterocycles. The van der Waals surface area contributed by atoms with Gasteiger partial charge in [-0.15, -0.1) is 0 Å². The molecule has 160 valence electrons. The standard InChI is InChI=1S/C23H29N3O3S/c1-3-25-13-15-26(16-14-25)23(30)18-5-9-21(10-6-18)29-17-22(27)24-19-7-11-20(12-8-19)28-4-2/h5-12H,3-4,13-17H2,1-2H3,(H,24,27). The van der Waals surface area contributed by atoms with Crippen molar-refractivity contribution < 1.29 is 14.3 Å². The van der Waals surface area contributed by atoms with Crippen LogP contribution < -0.4 is 14.8 Å². The summed E-state index contributed by atoms with van der Waals surface area (Å²) in [7, 11) is 0. The Kier molecular flexibility index (Phi) is 8.04. The third-order valence-electron chi connectivity index (χ3n) is 5.03. The second kappa shape index (κ2) is 10.9. The first-order chi connectivity index (χ1) is 14.6. The van der Waals surface area contributed by atoms with Gasteiger partial charge in [0.15, 0.2) is 6.61 Å². The summed E-state index contributed by atoms with van der Waals surface area (Å²) in [6.07, 6.45) is 0. The molecule has 0 radical (unpaired) electrons. The molecule has 0 aliphatic carbocycles. The molecule has 0 saturated carbocycles. The summed E-state index contributed by atoms with van der Waals surface area (Å²) in [6, 6.07) is 14.9. The van der Waals surface area contributed by atoms with Crippen molar-refractivity contribution >= 4 is 28.8 Å². The molecule has 0 spiro atoms. The number of nitrogens with zero attached hydrogens (tertiary/aromatic N) is 2. The fourth-order valence-electron chi connectivity index (χ4n) is 3.29. The van der Waals surface area contributed by atoms with Gasteiger partial charge in [-0.2, -0.15) is 0 Å². The van der Waals surface area contributed by atoms with Crippen molar-refractivity contribution in [2.24, 2.45) is 0 Å². The first-order valence-electron chi connectivity index (χ1n) is 10.4. The average molecular weight is 428 g/mol. The van der Waals surface area contributed by atoms with Crippen molar-refractivity contribution in [3.63, 3.8) is 0 Å². The number of ether oxygens (including phenoxy) is 2. The molecular formula is C23H29N3O3S. The highest BCUT2D eigenvalue weighted by molar-refractivity contribution is 7.80. The molecule has 2 aromatic carbocycles. The lowest BCUT2D eigenvalue weighted by molar-refractivity contribution is -0.118. The number of benzene rings is 2. The van der Waals surface area contributed by atoms with Gasteiger partial charge in [0.1, 0.15) is 16.5 Å². The van der Waals surface area contributed by atoms with E-state index in [1.54, 1.807) is 12.1 Å². The molecule has 0 atom stereocenters. The summed E-state index contributed by atoms with van der Waals surface area (Å²) < 4.78 is 11.0. The number of piperazine rings is 1. The quantitative estimate of drug-likeness (QED) is 0.652. The van der Waals surface area contributed by atoms with Crippen LogP contribution in [-0.4, -0.2) is 66.6 Å². The normalized spacial score (nSPS) is 14.3. The maximum Gasteiger partial charge on any atom is 0.262 e. The Morgan fingerprint density at radius 2 is 1.53 bits per heavy atom. The number of nitrogens with one attached hydrogen (secondary N) is 1. The van der Waals surface area contributed by atoms with Crippen molar-refractivity contribution in [3.8, 4) is 11.5 Å². The van der Waals surface area contributed by atoms with Crippen LogP contribution >= 0.6 is 12.2 Å². The summed E-state index contributed by atoms with van der Waals surface area (Å²) in [6.45, 7) is 9.75. The van der Waals surface area contributed by atoms with E-state index in [1.165, 1.54) is 0 Å². The molecule has 1 aliphatic heterocycles. The van der Waals surface area contributed by atoms with Gasteiger partial charge in [-0.1, -0.05) is 19.1 Å². The maximum atomic E-state index is 12.1. The minimum atomic E-state index is -0.215. The molecule has 1 N–H and O–H groups in total. The molecule has 7 heteroatoms. The van der Waals surface area contributed by atoms with E-state index >= 15 is 0 Å². The summed E-state index contributed by atoms with van der Waals surface area (Å²) in [5.41, 5.74) is 1.71. The third kappa shape index (κ3) is 6.18. The van der Waals surface area contributed by atoms with Crippen LogP contribution in [0.1, 0.15) is 19.4 Å². The van der Waals surface area contributed by atoms with Gasteiger partial charge in [0, 0.05) is 37.4 Å². The zero-order chi connectivity index (χ0) is 21.3. The molecular weight excluding hydrogens is 398 g/mol. The van der Waals surface area contributed by atoms with Gasteiger partial charge in [0.05, 0.1) is 6.61 Å². The van der Waals surface area contributed by atoms with Gasteiger partial charge in [-0.05, 0) is 62.0 Å². The zero-order valence-corrected chi connectivity index (χ0v) is 18.4. The minimum absolute atomic E-state index is 0.0595. The molecule has 30 heavy (non-hydrogen) atoms. The largest absolute Gasteiger partial charge is 0.494 e. The van der Waals surface area contributed by atoms with E-state index < -0.39 is 0 Å². The average Bonchev–Trinajstić information content (AvgIpc) is 2.79. The number of likely N-dealkylation sites (N-methyl/N-ethyl adjacent to an activating group) is 1. The molecule has 0 bridgehead atoms. The Labute approximate surface area is 183 Å². The van der Waals surface area contributed by atoms with Gasteiger partial charge in [0.25, 0.3) is 5.91 Å². The highest BCUT2D eigenvalue weighted by Crippen LogP contribution is 2.17. The van der Waals surface area contributed by atoms with Crippen LogP contribution in [0.25, 0.3) is 0 Å². The Bertz CT molecular complexity index is 832. The van der Waals surface area contributed by atoms with E-state index in [2.05, 4.69) is 22.0 Å². The van der Waals surface area contributed by atoms with Gasteiger partial charge in [-0.25, -0.2) is 0 Å². The molecule has 1 amide bonds. The lowest BCUT2D eigenvalue weighted by Gasteiger charge is -2.35. The SMILES string of the molecule is CCOc1ccc(NC(=O)COc2ccc(C(=S)N3CCN(CC)CC3)cc2)cc1. The Morgan fingerprint density at radius 3 is 2.13 bits per heavy atom. The number of thiocarbonyl (C=S) groups is 1. The van der Waals surface area contributed by atoms with Crippen molar-refractivity contribution in [1.29, 1.82) is 0 Å². The van der Waals surface area contributed by atoms with Crippen LogP contribution in [0.3, 0.4) is 0 Å². The van der Waals surface area contributed by atoms with Gasteiger partial charge in [0.2, 0.25) is 0 Å². The highest BCUT2D eigenvalue weighted by atomic mass is 32.1. The zero-order valence-electron chi connectivity index (χ0n) is 17.6. The third-order valence-corrected chi connectivity index (χ3v) is 5.52. The Hall–Kier alpha value is -2.64. The fourth-order valence-corrected chi connectivity index (χ4v) is 3.61. The van der Waals surface area contributed by atoms with Crippen LogP contribution in [0.4, 0.5) is 5.69 Å². The van der Waals surface area contributed by atoms with Crippen molar-refractivity contribution in [2.45, 2.75) is 13.8 Å². The number of carbonyl (C=O) groups excluding carboxylic acids is 1. The second-order valence-electron chi connectivity index (χ2n) is 7.05. The monoisotopic (exact) mass is 427 g/mol. The number of carbonyl (C=O) groups is 1. The fraction of sp³-hybridized carbons (Fsp3) is 0.391. The van der Waals surface area contributed by atoms with Crippen LogP contribution in [0.15, 0.2) is 48.5 Å². The van der Waals surface area contributed by atoms with E-state index in [9.17, 15) is 4.79 Å². The maximum absolute atomic E-state index is 12.1. The van der Waals surface area contributed by atoms with Crippen molar-refractivity contribution in [2.75, 3.05) is 51.3 Å². The summed E-state index contributed by atoms with van der Waals surface area (Å²) in [5.74, 6) is 1.20. The highest BCUT2D eigenvalue weighted by Gasteiger charge is 2.18. The number of hydrogen-bond acceptors (Lipinski definition) is 5. The van der Waals surface area contributed by atoms with Crippen LogP contribution in [0, 0.1) is 0 Å². The van der Waals surface area contributed by atoms with Crippen molar-refractivity contribution in [3.05, 3.63) is 54.1 Å². The van der Waals surface area contributed by atoms with Crippen molar-refractivity contribution in [1.82, 2.24) is 9.80 Å².